The van der Waals surface area contributed by atoms with Gasteiger partial charge in [0.2, 0.25) is 0 Å². The van der Waals surface area contributed by atoms with Crippen molar-refractivity contribution in [3.63, 3.8) is 0 Å². The molecule has 0 spiro atoms. The van der Waals surface area contributed by atoms with E-state index >= 15 is 0 Å². The molecule has 4 nitrogen and oxygen atoms in total. The molecule has 4 heteroatoms. The standard InChI is InChI=1S/C13H19NO3/c1-11-7-9-14(10-8-11)12-5-3-4-6-13(12)16-17-15-2/h3-6,11H,7-10H2,1-2H3. The molecule has 0 N–H and O–H groups in total. The third-order valence-corrected chi connectivity index (χ3v) is 3.18. The molecule has 0 aliphatic carbocycles. The van der Waals surface area contributed by atoms with Crippen LogP contribution in [-0.2, 0) is 9.93 Å². The van der Waals surface area contributed by atoms with Crippen LogP contribution in [0.1, 0.15) is 19.8 Å². The summed E-state index contributed by atoms with van der Waals surface area (Å²) in [6, 6.07) is 7.86. The van der Waals surface area contributed by atoms with Crippen LogP contribution in [0.5, 0.6) is 5.75 Å². The van der Waals surface area contributed by atoms with Gasteiger partial charge >= 0.3 is 0 Å². The molecular weight excluding hydrogens is 218 g/mol. The Morgan fingerprint density at radius 1 is 1.18 bits per heavy atom. The first-order valence-electron chi connectivity index (χ1n) is 6.02. The molecule has 0 unspecified atom stereocenters. The van der Waals surface area contributed by atoms with E-state index in [4.69, 9.17) is 4.89 Å². The van der Waals surface area contributed by atoms with Crippen LogP contribution in [0.15, 0.2) is 24.3 Å². The Hall–Kier alpha value is -1.26. The number of para-hydroxylation sites is 2. The van der Waals surface area contributed by atoms with Gasteiger partial charge < -0.3 is 9.79 Å². The first kappa shape index (κ1) is 12.2. The van der Waals surface area contributed by atoms with Gasteiger partial charge in [-0.3, -0.25) is 0 Å². The van der Waals surface area contributed by atoms with Crippen LogP contribution in [-0.4, -0.2) is 20.2 Å². The van der Waals surface area contributed by atoms with E-state index in [1.165, 1.54) is 20.0 Å². The van der Waals surface area contributed by atoms with Gasteiger partial charge in [-0.25, -0.2) is 0 Å². The largest absolute Gasteiger partial charge is 0.368 e. The smallest absolute Gasteiger partial charge is 0.191 e. The summed E-state index contributed by atoms with van der Waals surface area (Å²) in [7, 11) is 1.42. The van der Waals surface area contributed by atoms with E-state index in [1.54, 1.807) is 0 Å². The lowest BCUT2D eigenvalue weighted by atomic mass is 9.99. The second-order valence-electron chi connectivity index (χ2n) is 4.46. The van der Waals surface area contributed by atoms with Gasteiger partial charge in [0.1, 0.15) is 0 Å². The minimum Gasteiger partial charge on any atom is -0.368 e. The van der Waals surface area contributed by atoms with E-state index < -0.39 is 0 Å². The Morgan fingerprint density at radius 2 is 1.88 bits per heavy atom. The quantitative estimate of drug-likeness (QED) is 0.595. The van der Waals surface area contributed by atoms with Crippen molar-refractivity contribution in [2.24, 2.45) is 5.92 Å². The van der Waals surface area contributed by atoms with Crippen molar-refractivity contribution in [2.75, 3.05) is 25.1 Å². The zero-order valence-corrected chi connectivity index (χ0v) is 10.4. The molecule has 1 aromatic carbocycles. The number of piperidine rings is 1. The van der Waals surface area contributed by atoms with Gasteiger partial charge in [-0.15, -0.1) is 0 Å². The lowest BCUT2D eigenvalue weighted by Gasteiger charge is -2.32. The average molecular weight is 237 g/mol. The predicted molar refractivity (Wildman–Crippen MR) is 65.8 cm³/mol. The topological polar surface area (TPSA) is 30.9 Å². The normalized spacial score (nSPS) is 17.2. The highest BCUT2D eigenvalue weighted by Gasteiger charge is 2.19. The Kier molecular flexibility index (Phi) is 4.23. The molecule has 0 aromatic heterocycles. The minimum absolute atomic E-state index is 0.698. The van der Waals surface area contributed by atoms with Crippen LogP contribution < -0.4 is 9.79 Å². The summed E-state index contributed by atoms with van der Waals surface area (Å²) in [6.45, 7) is 4.43. The zero-order valence-electron chi connectivity index (χ0n) is 10.4. The van der Waals surface area contributed by atoms with E-state index in [0.29, 0.717) is 5.75 Å². The van der Waals surface area contributed by atoms with Crippen LogP contribution in [0, 0.1) is 5.92 Å². The molecule has 1 aromatic rings. The Labute approximate surface area is 102 Å². The van der Waals surface area contributed by atoms with Gasteiger partial charge in [0.25, 0.3) is 0 Å². The molecule has 0 amide bonds. The number of anilines is 1. The summed E-state index contributed by atoms with van der Waals surface area (Å²) in [5.41, 5.74) is 1.07. The molecule has 2 rings (SSSR count). The van der Waals surface area contributed by atoms with Gasteiger partial charge in [0, 0.05) is 13.1 Å². The highest BCUT2D eigenvalue weighted by atomic mass is 17.5. The van der Waals surface area contributed by atoms with Crippen molar-refractivity contribution >= 4 is 5.69 Å². The predicted octanol–water partition coefficient (Wildman–Crippen LogP) is 2.79. The Balaban J connectivity index is 2.08. The van der Waals surface area contributed by atoms with Crippen LogP contribution in [0.2, 0.25) is 0 Å². The minimum atomic E-state index is 0.698. The summed E-state index contributed by atoms with van der Waals surface area (Å²) in [5, 5.41) is 4.55. The highest BCUT2D eigenvalue weighted by molar-refractivity contribution is 5.58. The second-order valence-corrected chi connectivity index (χ2v) is 4.46. The van der Waals surface area contributed by atoms with Crippen LogP contribution in [0.3, 0.4) is 0 Å². The van der Waals surface area contributed by atoms with Crippen molar-refractivity contribution in [1.29, 1.82) is 0 Å². The summed E-state index contributed by atoms with van der Waals surface area (Å²) in [4.78, 5) is 11.9. The third kappa shape index (κ3) is 3.11. The molecule has 1 fully saturated rings. The van der Waals surface area contributed by atoms with Crippen molar-refractivity contribution in [1.82, 2.24) is 0 Å². The van der Waals surface area contributed by atoms with E-state index in [9.17, 15) is 0 Å². The summed E-state index contributed by atoms with van der Waals surface area (Å²) < 4.78 is 0. The fraction of sp³-hybridized carbons (Fsp3) is 0.538. The Bertz CT molecular complexity index is 348. The molecule has 1 heterocycles. The highest BCUT2D eigenvalue weighted by Crippen LogP contribution is 2.31. The van der Waals surface area contributed by atoms with E-state index in [0.717, 1.165) is 24.7 Å². The number of hydrogen-bond acceptors (Lipinski definition) is 4. The number of benzene rings is 1. The fourth-order valence-electron chi connectivity index (χ4n) is 2.11. The number of nitrogens with zero attached hydrogens (tertiary/aromatic N) is 1. The fourth-order valence-corrected chi connectivity index (χ4v) is 2.11. The monoisotopic (exact) mass is 237 g/mol. The maximum Gasteiger partial charge on any atom is 0.191 e. The van der Waals surface area contributed by atoms with Gasteiger partial charge in [-0.2, -0.15) is 4.89 Å². The first-order valence-corrected chi connectivity index (χ1v) is 6.02. The van der Waals surface area contributed by atoms with E-state index in [1.807, 2.05) is 24.3 Å². The molecule has 94 valence electrons. The lowest BCUT2D eigenvalue weighted by molar-refractivity contribution is -0.453. The van der Waals surface area contributed by atoms with Gasteiger partial charge in [-0.05, 0) is 35.9 Å². The van der Waals surface area contributed by atoms with Gasteiger partial charge in [-0.1, -0.05) is 19.1 Å². The molecule has 1 aliphatic rings. The molecule has 1 saturated heterocycles. The zero-order chi connectivity index (χ0) is 12.1. The Morgan fingerprint density at radius 3 is 2.59 bits per heavy atom. The molecule has 1 aliphatic heterocycles. The molecular formula is C13H19NO3. The molecule has 17 heavy (non-hydrogen) atoms. The SMILES string of the molecule is COOOc1ccccc1N1CCC(C)CC1. The maximum atomic E-state index is 5.10. The molecule has 0 saturated carbocycles. The number of rotatable bonds is 4. The number of hydrogen-bond donors (Lipinski definition) is 0. The van der Waals surface area contributed by atoms with Gasteiger partial charge in [0.15, 0.2) is 5.75 Å². The third-order valence-electron chi connectivity index (χ3n) is 3.18. The van der Waals surface area contributed by atoms with Crippen molar-refractivity contribution in [2.45, 2.75) is 19.8 Å². The van der Waals surface area contributed by atoms with Crippen LogP contribution >= 0.6 is 0 Å². The average Bonchev–Trinajstić information content (AvgIpc) is 2.38. The second kappa shape index (κ2) is 5.89. The van der Waals surface area contributed by atoms with Crippen LogP contribution in [0.4, 0.5) is 5.69 Å². The van der Waals surface area contributed by atoms with Gasteiger partial charge in [0.05, 0.1) is 12.8 Å². The molecule has 0 bridgehead atoms. The lowest BCUT2D eigenvalue weighted by Crippen LogP contribution is -2.33. The summed E-state index contributed by atoms with van der Waals surface area (Å²) in [5.74, 6) is 1.51. The summed E-state index contributed by atoms with van der Waals surface area (Å²) in [6.07, 6.45) is 2.44. The van der Waals surface area contributed by atoms with Crippen LogP contribution in [0.25, 0.3) is 0 Å². The summed E-state index contributed by atoms with van der Waals surface area (Å²) >= 11 is 0. The molecule has 0 radical (unpaired) electrons. The molecule has 0 atom stereocenters. The maximum absolute atomic E-state index is 5.10. The first-order chi connectivity index (χ1) is 8.31. The van der Waals surface area contributed by atoms with Crippen molar-refractivity contribution in [3.8, 4) is 5.75 Å². The van der Waals surface area contributed by atoms with Crippen molar-refractivity contribution in [3.05, 3.63) is 24.3 Å². The van der Waals surface area contributed by atoms with E-state index in [-0.39, 0.29) is 0 Å². The van der Waals surface area contributed by atoms with E-state index in [2.05, 4.69) is 21.7 Å². The van der Waals surface area contributed by atoms with Crippen molar-refractivity contribution < 1.29 is 14.8 Å².